The van der Waals surface area contributed by atoms with E-state index in [9.17, 15) is 4.79 Å². The van der Waals surface area contributed by atoms with E-state index >= 15 is 0 Å². The van der Waals surface area contributed by atoms with Crippen LogP contribution < -0.4 is 0 Å². The molecule has 0 bridgehead atoms. The molecule has 1 aliphatic heterocycles. The molecule has 1 aliphatic rings. The molecule has 0 saturated heterocycles. The van der Waals surface area contributed by atoms with E-state index in [1.165, 1.54) is 7.11 Å². The number of carbonyl (C=O) groups excluding carboxylic acids is 1. The van der Waals surface area contributed by atoms with E-state index < -0.39 is 12.4 Å². The molecule has 0 saturated carbocycles. The monoisotopic (exact) mass is 363 g/mol. The molecule has 3 heterocycles. The van der Waals surface area contributed by atoms with Gasteiger partial charge in [0, 0.05) is 26.4 Å². The van der Waals surface area contributed by atoms with Crippen molar-refractivity contribution >= 4 is 23.3 Å². The van der Waals surface area contributed by atoms with Gasteiger partial charge in [0.05, 0.1) is 6.20 Å². The highest BCUT2D eigenvalue weighted by Gasteiger charge is 2.22. The normalized spacial score (nSPS) is 15.6. The van der Waals surface area contributed by atoms with Crippen LogP contribution in [0.1, 0.15) is 19.0 Å². The third kappa shape index (κ3) is 3.97. The van der Waals surface area contributed by atoms with Gasteiger partial charge in [0.15, 0.2) is 5.15 Å². The molecule has 0 aliphatic carbocycles. The lowest BCUT2D eigenvalue weighted by Gasteiger charge is -2.26. The molecule has 9 heteroatoms. The molecule has 25 heavy (non-hydrogen) atoms. The fourth-order valence-electron chi connectivity index (χ4n) is 2.41. The highest BCUT2D eigenvalue weighted by atomic mass is 35.5. The van der Waals surface area contributed by atoms with Crippen LogP contribution in [0.4, 0.5) is 4.79 Å². The van der Waals surface area contributed by atoms with Gasteiger partial charge in [-0.2, -0.15) is 0 Å². The fourth-order valence-corrected chi connectivity index (χ4v) is 2.62. The Morgan fingerprint density at radius 1 is 1.44 bits per heavy atom. The zero-order valence-electron chi connectivity index (χ0n) is 13.9. The number of nitrogens with zero attached hydrogens (tertiary/aromatic N) is 5. The third-order valence-electron chi connectivity index (χ3n) is 3.87. The third-order valence-corrected chi connectivity index (χ3v) is 4.17. The first-order valence-corrected chi connectivity index (χ1v) is 8.17. The number of hydrogen-bond donors (Lipinski definition) is 0. The number of rotatable bonds is 4. The number of halogens is 1. The highest BCUT2D eigenvalue weighted by molar-refractivity contribution is 6.31. The minimum Gasteiger partial charge on any atom is -0.420 e. The van der Waals surface area contributed by atoms with Crippen LogP contribution in [0.25, 0.3) is 11.3 Å². The molecule has 8 nitrogen and oxygen atoms in total. The van der Waals surface area contributed by atoms with Gasteiger partial charge in [-0.25, -0.2) is 14.5 Å². The summed E-state index contributed by atoms with van der Waals surface area (Å²) in [5.74, 6) is 0. The van der Waals surface area contributed by atoms with Crippen molar-refractivity contribution in [1.82, 2.24) is 24.9 Å². The summed E-state index contributed by atoms with van der Waals surface area (Å²) in [6.07, 6.45) is 5.07. The minimum absolute atomic E-state index is 0.359. The topological polar surface area (TPSA) is 82.4 Å². The van der Waals surface area contributed by atoms with Crippen molar-refractivity contribution < 1.29 is 14.3 Å². The van der Waals surface area contributed by atoms with Gasteiger partial charge >= 0.3 is 6.09 Å². The summed E-state index contributed by atoms with van der Waals surface area (Å²) in [6, 6.07) is 3.60. The van der Waals surface area contributed by atoms with E-state index in [4.69, 9.17) is 21.1 Å². The SMILES string of the molecule is COC(C)OC(=O)N1CC=C(c2cn(-c3cccnc3Cl)nn2)CC1. The number of methoxy groups -OCH3 is 1. The predicted octanol–water partition coefficient (Wildman–Crippen LogP) is 2.53. The van der Waals surface area contributed by atoms with Crippen molar-refractivity contribution in [3.05, 3.63) is 41.4 Å². The molecule has 0 aromatic carbocycles. The van der Waals surface area contributed by atoms with Crippen molar-refractivity contribution in [2.24, 2.45) is 0 Å². The first-order valence-electron chi connectivity index (χ1n) is 7.79. The van der Waals surface area contributed by atoms with Crippen LogP contribution in [0.15, 0.2) is 30.6 Å². The molecule has 1 amide bonds. The molecule has 3 rings (SSSR count). The zero-order chi connectivity index (χ0) is 17.8. The van der Waals surface area contributed by atoms with Gasteiger partial charge in [0.2, 0.25) is 6.29 Å². The van der Waals surface area contributed by atoms with Crippen LogP contribution >= 0.6 is 11.6 Å². The quantitative estimate of drug-likeness (QED) is 0.613. The Kier molecular flexibility index (Phi) is 5.30. The predicted molar refractivity (Wildman–Crippen MR) is 91.3 cm³/mol. The van der Waals surface area contributed by atoms with Crippen LogP contribution in [0, 0.1) is 0 Å². The summed E-state index contributed by atoms with van der Waals surface area (Å²) in [6.45, 7) is 2.66. The van der Waals surface area contributed by atoms with Gasteiger partial charge < -0.3 is 14.4 Å². The van der Waals surface area contributed by atoms with E-state index in [0.717, 1.165) is 11.3 Å². The molecular formula is C16H18ClN5O3. The van der Waals surface area contributed by atoms with E-state index in [0.29, 0.717) is 30.4 Å². The van der Waals surface area contributed by atoms with Gasteiger partial charge in [-0.15, -0.1) is 5.10 Å². The lowest BCUT2D eigenvalue weighted by atomic mass is 10.1. The van der Waals surface area contributed by atoms with Gasteiger partial charge in [-0.1, -0.05) is 22.9 Å². The Hall–Kier alpha value is -2.45. The molecule has 0 fully saturated rings. The average Bonchev–Trinajstić information content (AvgIpc) is 3.12. The summed E-state index contributed by atoms with van der Waals surface area (Å²) in [7, 11) is 1.49. The standard InChI is InChI=1S/C16H18ClN5O3/c1-11(24-2)25-16(23)21-8-5-12(6-9-21)13-10-22(20-19-13)14-4-3-7-18-15(14)17/h3-5,7,10-11H,6,8-9H2,1-2H3. The van der Waals surface area contributed by atoms with E-state index in [1.54, 1.807) is 35.0 Å². The second-order valence-electron chi connectivity index (χ2n) is 5.47. The molecule has 2 aromatic rings. The first kappa shape index (κ1) is 17.4. The van der Waals surface area contributed by atoms with E-state index in [1.807, 2.05) is 12.1 Å². The Bertz CT molecular complexity index is 792. The molecule has 2 aromatic heterocycles. The Labute approximate surface area is 150 Å². The number of carbonyl (C=O) groups is 1. The van der Waals surface area contributed by atoms with Crippen molar-refractivity contribution in [2.45, 2.75) is 19.6 Å². The lowest BCUT2D eigenvalue weighted by molar-refractivity contribution is -0.0772. The lowest BCUT2D eigenvalue weighted by Crippen LogP contribution is -2.37. The summed E-state index contributed by atoms with van der Waals surface area (Å²) >= 11 is 6.08. The minimum atomic E-state index is -0.568. The second-order valence-corrected chi connectivity index (χ2v) is 5.83. The smallest absolute Gasteiger partial charge is 0.412 e. The Morgan fingerprint density at radius 2 is 2.28 bits per heavy atom. The van der Waals surface area contributed by atoms with Crippen molar-refractivity contribution in [1.29, 1.82) is 0 Å². The van der Waals surface area contributed by atoms with Crippen LogP contribution in [0.3, 0.4) is 0 Å². The molecule has 0 N–H and O–H groups in total. The summed E-state index contributed by atoms with van der Waals surface area (Å²) < 4.78 is 11.7. The van der Waals surface area contributed by atoms with E-state index in [2.05, 4.69) is 15.3 Å². The van der Waals surface area contributed by atoms with Crippen LogP contribution in [0.5, 0.6) is 0 Å². The van der Waals surface area contributed by atoms with Crippen molar-refractivity contribution in [3.8, 4) is 5.69 Å². The highest BCUT2D eigenvalue weighted by Crippen LogP contribution is 2.23. The number of aromatic nitrogens is 4. The maximum Gasteiger partial charge on any atom is 0.412 e. The van der Waals surface area contributed by atoms with Crippen molar-refractivity contribution in [2.75, 3.05) is 20.2 Å². The fraction of sp³-hybridized carbons (Fsp3) is 0.375. The largest absolute Gasteiger partial charge is 0.420 e. The maximum atomic E-state index is 12.0. The van der Waals surface area contributed by atoms with Crippen LogP contribution in [0.2, 0.25) is 5.15 Å². The molecule has 132 valence electrons. The van der Waals surface area contributed by atoms with Gasteiger partial charge in [-0.3, -0.25) is 0 Å². The van der Waals surface area contributed by atoms with Gasteiger partial charge in [0.1, 0.15) is 11.4 Å². The number of hydrogen-bond acceptors (Lipinski definition) is 6. The number of pyridine rings is 1. The maximum absolute atomic E-state index is 12.0. The molecule has 1 atom stereocenters. The molecule has 1 unspecified atom stereocenters. The van der Waals surface area contributed by atoms with Crippen molar-refractivity contribution in [3.63, 3.8) is 0 Å². The van der Waals surface area contributed by atoms with Gasteiger partial charge in [-0.05, 0) is 31.1 Å². The number of ether oxygens (including phenoxy) is 2. The molecule has 0 spiro atoms. The zero-order valence-corrected chi connectivity index (χ0v) is 14.7. The second kappa shape index (κ2) is 7.62. The van der Waals surface area contributed by atoms with Crippen LogP contribution in [-0.4, -0.2) is 57.5 Å². The summed E-state index contributed by atoms with van der Waals surface area (Å²) in [5.41, 5.74) is 2.44. The molecular weight excluding hydrogens is 346 g/mol. The van der Waals surface area contributed by atoms with Crippen LogP contribution in [-0.2, 0) is 9.47 Å². The summed E-state index contributed by atoms with van der Waals surface area (Å²) in [4.78, 5) is 17.6. The van der Waals surface area contributed by atoms with E-state index in [-0.39, 0.29) is 0 Å². The molecule has 0 radical (unpaired) electrons. The Balaban J connectivity index is 1.68. The van der Waals surface area contributed by atoms with Gasteiger partial charge in [0.25, 0.3) is 0 Å². The number of amides is 1. The summed E-state index contributed by atoms with van der Waals surface area (Å²) in [5, 5.41) is 8.66. The first-order chi connectivity index (χ1) is 12.1. The average molecular weight is 364 g/mol. The Morgan fingerprint density at radius 3 is 2.96 bits per heavy atom.